The van der Waals surface area contributed by atoms with Gasteiger partial charge >= 0.3 is 0 Å². The number of sulfonamides is 1. The molecule has 0 N–H and O–H groups in total. The number of benzene rings is 3. The Bertz CT molecular complexity index is 1220. The number of anilines is 2. The van der Waals surface area contributed by atoms with Gasteiger partial charge in [-0.15, -0.1) is 0 Å². The van der Waals surface area contributed by atoms with Gasteiger partial charge in [0.15, 0.2) is 0 Å². The first-order chi connectivity index (χ1) is 14.8. The first-order valence-corrected chi connectivity index (χ1v) is 11.9. The van der Waals surface area contributed by atoms with Crippen LogP contribution >= 0.6 is 23.2 Å². The van der Waals surface area contributed by atoms with Gasteiger partial charge in [-0.1, -0.05) is 59.1 Å². The molecule has 4 rings (SSSR count). The van der Waals surface area contributed by atoms with Crippen molar-refractivity contribution in [3.8, 4) is 0 Å². The monoisotopic (exact) mass is 474 g/mol. The zero-order chi connectivity index (χ0) is 22.2. The van der Waals surface area contributed by atoms with Crippen molar-refractivity contribution in [1.82, 2.24) is 0 Å². The highest BCUT2D eigenvalue weighted by Crippen LogP contribution is 2.32. The topological polar surface area (TPSA) is 57.7 Å². The van der Waals surface area contributed by atoms with Crippen molar-refractivity contribution in [2.45, 2.75) is 18.2 Å². The summed E-state index contributed by atoms with van der Waals surface area (Å²) in [5.41, 5.74) is 3.04. The van der Waals surface area contributed by atoms with Gasteiger partial charge in [0.2, 0.25) is 5.91 Å². The Hall–Kier alpha value is -2.54. The Labute approximate surface area is 191 Å². The molecule has 1 amide bonds. The zero-order valence-corrected chi connectivity index (χ0v) is 19.1. The number of nitrogens with zero attached hydrogens (tertiary/aromatic N) is 2. The van der Waals surface area contributed by atoms with E-state index in [0.29, 0.717) is 6.54 Å². The van der Waals surface area contributed by atoms with Crippen molar-refractivity contribution in [3.05, 3.63) is 87.9 Å². The molecule has 0 aliphatic carbocycles. The number of halogens is 2. The number of hydrogen-bond acceptors (Lipinski definition) is 3. The Kier molecular flexibility index (Phi) is 5.97. The lowest BCUT2D eigenvalue weighted by Gasteiger charge is -2.27. The van der Waals surface area contributed by atoms with Gasteiger partial charge in [-0.2, -0.15) is 0 Å². The molecule has 0 unspecified atom stereocenters. The quantitative estimate of drug-likeness (QED) is 0.517. The van der Waals surface area contributed by atoms with Crippen molar-refractivity contribution in [3.63, 3.8) is 0 Å². The second-order valence-electron chi connectivity index (χ2n) is 7.38. The van der Waals surface area contributed by atoms with Gasteiger partial charge in [0.25, 0.3) is 10.0 Å². The summed E-state index contributed by atoms with van der Waals surface area (Å²) in [6, 6.07) is 18.6. The molecule has 5 nitrogen and oxygen atoms in total. The number of carbonyl (C=O) groups excluding carboxylic acids is 1. The molecule has 0 radical (unpaired) electrons. The van der Waals surface area contributed by atoms with Crippen LogP contribution in [0.4, 0.5) is 11.4 Å². The van der Waals surface area contributed by atoms with Crippen molar-refractivity contribution in [2.75, 3.05) is 22.3 Å². The Morgan fingerprint density at radius 3 is 2.32 bits per heavy atom. The van der Waals surface area contributed by atoms with E-state index in [2.05, 4.69) is 0 Å². The zero-order valence-electron chi connectivity index (χ0n) is 16.8. The summed E-state index contributed by atoms with van der Waals surface area (Å²) in [5, 5.41) is 0.566. The minimum absolute atomic E-state index is 0.0869. The van der Waals surface area contributed by atoms with Gasteiger partial charge in [-0.05, 0) is 55.3 Å². The van der Waals surface area contributed by atoms with Crippen LogP contribution in [-0.4, -0.2) is 27.4 Å². The summed E-state index contributed by atoms with van der Waals surface area (Å²) in [6.45, 7) is 2.01. The van der Waals surface area contributed by atoms with Crippen LogP contribution in [0.3, 0.4) is 0 Å². The summed E-state index contributed by atoms with van der Waals surface area (Å²) in [7, 11) is -4.04. The molecule has 0 bridgehead atoms. The molecule has 1 aliphatic heterocycles. The number of para-hydroxylation sites is 1. The summed E-state index contributed by atoms with van der Waals surface area (Å²) in [5.74, 6) is -0.322. The summed E-state index contributed by atoms with van der Waals surface area (Å²) < 4.78 is 28.1. The third-order valence-corrected chi connectivity index (χ3v) is 7.44. The maximum Gasteiger partial charge on any atom is 0.264 e. The van der Waals surface area contributed by atoms with Gasteiger partial charge in [0.1, 0.15) is 6.54 Å². The molecule has 160 valence electrons. The van der Waals surface area contributed by atoms with Crippen LogP contribution in [0.15, 0.2) is 71.6 Å². The fourth-order valence-electron chi connectivity index (χ4n) is 3.64. The second kappa shape index (κ2) is 8.54. The lowest BCUT2D eigenvalue weighted by atomic mass is 10.2. The third kappa shape index (κ3) is 4.42. The summed E-state index contributed by atoms with van der Waals surface area (Å²) in [4.78, 5) is 15.0. The highest BCUT2D eigenvalue weighted by molar-refractivity contribution is 7.92. The van der Waals surface area contributed by atoms with Crippen LogP contribution in [0.25, 0.3) is 0 Å². The van der Waals surface area contributed by atoms with Crippen LogP contribution in [0, 0.1) is 6.92 Å². The first kappa shape index (κ1) is 21.7. The molecule has 0 spiro atoms. The number of rotatable bonds is 5. The maximum absolute atomic E-state index is 13.5. The highest BCUT2D eigenvalue weighted by atomic mass is 35.5. The number of fused-ring (bicyclic) bond motifs is 1. The Morgan fingerprint density at radius 1 is 1.00 bits per heavy atom. The number of carbonyl (C=O) groups is 1. The molecule has 0 saturated carbocycles. The Morgan fingerprint density at radius 2 is 1.65 bits per heavy atom. The summed E-state index contributed by atoms with van der Waals surface area (Å²) in [6.07, 6.45) is 0.732. The van der Waals surface area contributed by atoms with E-state index in [9.17, 15) is 13.2 Å². The standard InChI is InChI=1S/C23H20Cl2N2O3S/c1-16-6-8-21(9-7-16)31(29,30)27(20-13-18(24)12-19(25)14-20)15-23(28)26-11-10-17-4-2-3-5-22(17)26/h2-9,12-14H,10-11,15H2,1H3. The lowest BCUT2D eigenvalue weighted by Crippen LogP contribution is -2.42. The van der Waals surface area contributed by atoms with Crippen LogP contribution < -0.4 is 9.21 Å². The summed E-state index contributed by atoms with van der Waals surface area (Å²) >= 11 is 12.3. The number of amides is 1. The Balaban J connectivity index is 1.74. The van der Waals surface area contributed by atoms with E-state index < -0.39 is 10.0 Å². The van der Waals surface area contributed by atoms with E-state index in [1.54, 1.807) is 17.0 Å². The molecule has 8 heteroatoms. The van der Waals surface area contributed by atoms with Crippen LogP contribution in [0.5, 0.6) is 0 Å². The predicted octanol–water partition coefficient (Wildman–Crippen LogP) is 5.09. The van der Waals surface area contributed by atoms with E-state index in [4.69, 9.17) is 23.2 Å². The molecular formula is C23H20Cl2N2O3S. The molecule has 0 atom stereocenters. The van der Waals surface area contributed by atoms with Crippen molar-refractivity contribution in [1.29, 1.82) is 0 Å². The van der Waals surface area contributed by atoms with E-state index >= 15 is 0 Å². The minimum Gasteiger partial charge on any atom is -0.310 e. The molecule has 31 heavy (non-hydrogen) atoms. The highest BCUT2D eigenvalue weighted by Gasteiger charge is 2.32. The lowest BCUT2D eigenvalue weighted by molar-refractivity contribution is -0.117. The average Bonchev–Trinajstić information content (AvgIpc) is 3.15. The van der Waals surface area contributed by atoms with Gasteiger partial charge < -0.3 is 4.90 Å². The molecule has 3 aromatic carbocycles. The van der Waals surface area contributed by atoms with Crippen LogP contribution in [0.2, 0.25) is 10.0 Å². The molecule has 1 heterocycles. The number of aryl methyl sites for hydroxylation is 1. The van der Waals surface area contributed by atoms with E-state index in [-0.39, 0.29) is 33.1 Å². The minimum atomic E-state index is -4.04. The molecule has 3 aromatic rings. The maximum atomic E-state index is 13.5. The fourth-order valence-corrected chi connectivity index (χ4v) is 5.55. The second-order valence-corrected chi connectivity index (χ2v) is 10.1. The third-order valence-electron chi connectivity index (χ3n) is 5.21. The van der Waals surface area contributed by atoms with E-state index in [1.807, 2.05) is 31.2 Å². The SMILES string of the molecule is Cc1ccc(S(=O)(=O)N(CC(=O)N2CCc3ccccc32)c2cc(Cl)cc(Cl)c2)cc1. The van der Waals surface area contributed by atoms with E-state index in [0.717, 1.165) is 27.5 Å². The molecule has 0 saturated heterocycles. The average molecular weight is 475 g/mol. The molecule has 0 fully saturated rings. The smallest absolute Gasteiger partial charge is 0.264 e. The normalized spacial score (nSPS) is 13.2. The molecule has 0 aromatic heterocycles. The molecule has 1 aliphatic rings. The van der Waals surface area contributed by atoms with Gasteiger partial charge in [0.05, 0.1) is 10.6 Å². The first-order valence-electron chi connectivity index (χ1n) is 9.69. The van der Waals surface area contributed by atoms with E-state index in [1.165, 1.54) is 30.3 Å². The van der Waals surface area contributed by atoms with Crippen molar-refractivity contribution in [2.24, 2.45) is 0 Å². The fraction of sp³-hybridized carbons (Fsp3) is 0.174. The number of hydrogen-bond donors (Lipinski definition) is 0. The van der Waals surface area contributed by atoms with Crippen LogP contribution in [-0.2, 0) is 21.2 Å². The van der Waals surface area contributed by atoms with Crippen molar-refractivity contribution < 1.29 is 13.2 Å². The predicted molar refractivity (Wildman–Crippen MR) is 125 cm³/mol. The van der Waals surface area contributed by atoms with Crippen molar-refractivity contribution >= 4 is 50.5 Å². The van der Waals surface area contributed by atoms with Gasteiger partial charge in [0, 0.05) is 22.3 Å². The van der Waals surface area contributed by atoms with Crippen LogP contribution in [0.1, 0.15) is 11.1 Å². The van der Waals surface area contributed by atoms with Gasteiger partial charge in [-0.25, -0.2) is 8.42 Å². The van der Waals surface area contributed by atoms with Gasteiger partial charge in [-0.3, -0.25) is 9.10 Å². The largest absolute Gasteiger partial charge is 0.310 e. The molecular weight excluding hydrogens is 455 g/mol.